The van der Waals surface area contributed by atoms with Crippen molar-refractivity contribution in [3.63, 3.8) is 0 Å². The minimum absolute atomic E-state index is 0.00272. The minimum atomic E-state index is -1.18. The molecule has 0 aliphatic carbocycles. The van der Waals surface area contributed by atoms with Crippen molar-refractivity contribution < 1.29 is 25.2 Å². The van der Waals surface area contributed by atoms with Crippen LogP contribution in [-0.2, 0) is 0 Å². The Kier molecular flexibility index (Phi) is 2.37. The first kappa shape index (κ1) is 11.8. The highest BCUT2D eigenvalue weighted by molar-refractivity contribution is 6.25. The van der Waals surface area contributed by atoms with Crippen LogP contribution in [0.2, 0.25) is 0 Å². The van der Waals surface area contributed by atoms with Crippen molar-refractivity contribution in [2.45, 2.75) is 0 Å². The van der Waals surface area contributed by atoms with Crippen LogP contribution in [0.15, 0.2) is 30.3 Å². The van der Waals surface area contributed by atoms with Crippen molar-refractivity contribution in [1.82, 2.24) is 5.06 Å². The van der Waals surface area contributed by atoms with Crippen molar-refractivity contribution in [1.29, 1.82) is 0 Å². The minimum Gasteiger partial charge on any atom is -0.595 e. The summed E-state index contributed by atoms with van der Waals surface area (Å²) in [5, 5.41) is 29.1. The zero-order chi connectivity index (χ0) is 13.7. The van der Waals surface area contributed by atoms with E-state index in [0.29, 0.717) is 10.8 Å². The van der Waals surface area contributed by atoms with Crippen LogP contribution in [0.3, 0.4) is 0 Å². The Morgan fingerprint density at radius 1 is 1.11 bits per heavy atom. The first-order chi connectivity index (χ1) is 9.00. The molecular formula is C12H8N2O5. The molecule has 2 aromatic carbocycles. The maximum absolute atomic E-state index is 11.9. The van der Waals surface area contributed by atoms with Crippen LogP contribution in [0.25, 0.3) is 10.8 Å². The molecule has 0 fully saturated rings. The molecule has 7 nitrogen and oxygen atoms in total. The zero-order valence-corrected chi connectivity index (χ0v) is 9.45. The van der Waals surface area contributed by atoms with E-state index in [4.69, 9.17) is 5.21 Å². The molecule has 0 radical (unpaired) electrons. The fraction of sp³-hybridized carbons (Fsp3) is 0. The third-order valence-corrected chi connectivity index (χ3v) is 3.07. The lowest BCUT2D eigenvalue weighted by Crippen LogP contribution is -2.99. The second kappa shape index (κ2) is 3.84. The molecule has 1 unspecified atom stereocenters. The number of quaternary nitrogens is 1. The molecule has 1 aliphatic rings. The Hall–Kier alpha value is -2.32. The monoisotopic (exact) mass is 260 g/mol. The van der Waals surface area contributed by atoms with E-state index in [1.807, 2.05) is 0 Å². The van der Waals surface area contributed by atoms with E-state index in [0.717, 1.165) is 6.07 Å². The summed E-state index contributed by atoms with van der Waals surface area (Å²) in [5.41, 5.74) is 0.106. The molecule has 2 aromatic rings. The summed E-state index contributed by atoms with van der Waals surface area (Å²) >= 11 is 0. The quantitative estimate of drug-likeness (QED) is 0.386. The lowest BCUT2D eigenvalue weighted by molar-refractivity contribution is -0.991. The number of imide groups is 1. The van der Waals surface area contributed by atoms with E-state index in [9.17, 15) is 20.0 Å². The molecule has 96 valence electrons. The summed E-state index contributed by atoms with van der Waals surface area (Å²) in [4.78, 5) is 23.6. The third kappa shape index (κ3) is 1.54. The van der Waals surface area contributed by atoms with E-state index in [1.165, 1.54) is 12.1 Å². The number of nitrogens with zero attached hydrogens (tertiary/aromatic N) is 1. The van der Waals surface area contributed by atoms with Crippen LogP contribution in [-0.4, -0.2) is 27.3 Å². The maximum Gasteiger partial charge on any atom is 0.285 e. The van der Waals surface area contributed by atoms with E-state index in [2.05, 4.69) is 0 Å². The number of carbonyl (C=O) groups excluding carboxylic acids is 2. The van der Waals surface area contributed by atoms with Crippen molar-refractivity contribution in [2.24, 2.45) is 0 Å². The van der Waals surface area contributed by atoms with Gasteiger partial charge in [-0.15, -0.1) is 5.06 Å². The summed E-state index contributed by atoms with van der Waals surface area (Å²) in [5.74, 6) is -1.73. The molecule has 0 spiro atoms. The number of rotatable bonds is 1. The van der Waals surface area contributed by atoms with Gasteiger partial charge < -0.3 is 5.21 Å². The van der Waals surface area contributed by atoms with Gasteiger partial charge in [-0.05, 0) is 11.5 Å². The lowest BCUT2D eigenvalue weighted by atomic mass is 9.94. The van der Waals surface area contributed by atoms with Crippen molar-refractivity contribution >= 4 is 28.3 Å². The van der Waals surface area contributed by atoms with Gasteiger partial charge in [-0.3, -0.25) is 14.8 Å². The number of hydrogen-bond acceptors (Lipinski definition) is 5. The number of hydrogen-bond donors (Lipinski definition) is 3. The van der Waals surface area contributed by atoms with Crippen molar-refractivity contribution in [2.75, 3.05) is 0 Å². The number of nitrogens with one attached hydrogen (secondary N) is 1. The van der Waals surface area contributed by atoms with Crippen LogP contribution in [0.1, 0.15) is 20.7 Å². The summed E-state index contributed by atoms with van der Waals surface area (Å²) in [6.07, 6.45) is 0. The second-order valence-electron chi connectivity index (χ2n) is 4.15. The molecule has 7 heteroatoms. The first-order valence-corrected chi connectivity index (χ1v) is 5.38. The first-order valence-electron chi connectivity index (χ1n) is 5.38. The number of carbonyl (C=O) groups is 2. The molecule has 0 saturated carbocycles. The summed E-state index contributed by atoms with van der Waals surface area (Å²) in [7, 11) is 0. The predicted octanol–water partition coefficient (Wildman–Crippen LogP) is 0.228. The molecule has 1 heterocycles. The molecule has 0 saturated heterocycles. The van der Waals surface area contributed by atoms with Crippen molar-refractivity contribution in [3.8, 4) is 0 Å². The summed E-state index contributed by atoms with van der Waals surface area (Å²) in [6, 6.07) is 7.20. The highest BCUT2D eigenvalue weighted by Gasteiger charge is 2.32. The van der Waals surface area contributed by atoms with Gasteiger partial charge in [0.25, 0.3) is 11.8 Å². The highest BCUT2D eigenvalue weighted by Crippen LogP contribution is 2.31. The molecule has 3 rings (SSSR count). The molecular weight excluding hydrogens is 252 g/mol. The number of hydroxylamine groups is 2. The Bertz CT molecular complexity index is 725. The van der Waals surface area contributed by atoms with Gasteiger partial charge in [-0.25, -0.2) is 5.21 Å². The van der Waals surface area contributed by atoms with Gasteiger partial charge in [0.1, 0.15) is 0 Å². The van der Waals surface area contributed by atoms with Gasteiger partial charge in [-0.1, -0.05) is 12.1 Å². The lowest BCUT2D eigenvalue weighted by Gasteiger charge is -2.23. The second-order valence-corrected chi connectivity index (χ2v) is 4.15. The van der Waals surface area contributed by atoms with Gasteiger partial charge in [-0.2, -0.15) is 5.23 Å². The Balaban J connectivity index is 2.44. The molecule has 0 aromatic heterocycles. The predicted molar refractivity (Wildman–Crippen MR) is 62.0 cm³/mol. The average molecular weight is 260 g/mol. The summed E-state index contributed by atoms with van der Waals surface area (Å²) < 4.78 is 0. The summed E-state index contributed by atoms with van der Waals surface area (Å²) in [6.45, 7) is 0. The van der Waals surface area contributed by atoms with Crippen molar-refractivity contribution in [3.05, 3.63) is 46.7 Å². The molecule has 1 aliphatic heterocycles. The van der Waals surface area contributed by atoms with Crippen LogP contribution in [0, 0.1) is 5.21 Å². The molecule has 19 heavy (non-hydrogen) atoms. The Labute approximate surface area is 106 Å². The highest BCUT2D eigenvalue weighted by atomic mass is 16.8. The normalized spacial score (nSPS) is 16.1. The van der Waals surface area contributed by atoms with E-state index in [1.54, 1.807) is 12.1 Å². The maximum atomic E-state index is 11.9. The van der Waals surface area contributed by atoms with Gasteiger partial charge >= 0.3 is 0 Å². The largest absolute Gasteiger partial charge is 0.595 e. The van der Waals surface area contributed by atoms with E-state index in [-0.39, 0.29) is 21.9 Å². The molecule has 0 bridgehead atoms. The van der Waals surface area contributed by atoms with E-state index >= 15 is 0 Å². The zero-order valence-electron chi connectivity index (χ0n) is 9.45. The van der Waals surface area contributed by atoms with Gasteiger partial charge in [0.2, 0.25) is 0 Å². The van der Waals surface area contributed by atoms with Gasteiger partial charge in [0, 0.05) is 17.5 Å². The fourth-order valence-corrected chi connectivity index (χ4v) is 2.22. The SMILES string of the molecule is O=C1c2cccc3cc([NH+]([O-])O)cc(c23)C(=O)N1O. The van der Waals surface area contributed by atoms with Gasteiger partial charge in [0.15, 0.2) is 5.69 Å². The van der Waals surface area contributed by atoms with Gasteiger partial charge in [0.05, 0.1) is 11.1 Å². The van der Waals surface area contributed by atoms with Crippen LogP contribution in [0.4, 0.5) is 5.69 Å². The topological polar surface area (TPSA) is 105 Å². The standard InChI is InChI=1S/C12H8N2O5/c15-11-8-3-1-2-6-4-7(14(18)19)5-9(10(6)8)12(16)13(11)17/h1-5,14,17-18H. The van der Waals surface area contributed by atoms with Crippen LogP contribution < -0.4 is 5.23 Å². The number of benzene rings is 2. The smallest absolute Gasteiger partial charge is 0.285 e. The molecule has 3 N–H and O–H groups in total. The molecule has 1 atom stereocenters. The van der Waals surface area contributed by atoms with Crippen LogP contribution in [0.5, 0.6) is 0 Å². The van der Waals surface area contributed by atoms with Crippen LogP contribution >= 0.6 is 0 Å². The molecule has 2 amide bonds. The van der Waals surface area contributed by atoms with E-state index < -0.39 is 17.0 Å². The average Bonchev–Trinajstić information content (AvgIpc) is 2.41. The Morgan fingerprint density at radius 2 is 1.79 bits per heavy atom. The fourth-order valence-electron chi connectivity index (χ4n) is 2.22. The number of amides is 2. The third-order valence-electron chi connectivity index (χ3n) is 3.07. The Morgan fingerprint density at radius 3 is 2.47 bits per heavy atom.